The number of amides is 1. The molecule has 1 aliphatic heterocycles. The van der Waals surface area contributed by atoms with Crippen molar-refractivity contribution in [2.24, 2.45) is 0 Å². The predicted octanol–water partition coefficient (Wildman–Crippen LogP) is 2.89. The maximum Gasteiger partial charge on any atom is 0.264 e. The summed E-state index contributed by atoms with van der Waals surface area (Å²) in [4.78, 5) is 32.9. The number of carbonyl (C=O) groups excluding carboxylic acids is 1. The molecule has 0 radical (unpaired) electrons. The van der Waals surface area contributed by atoms with Crippen molar-refractivity contribution in [1.82, 2.24) is 24.2 Å². The fourth-order valence-corrected chi connectivity index (χ4v) is 6.34. The SMILES string of the molecule is C[S+]([O-])c1ccc(-n2ncc3c(=O)n(CC4(O)CCN(C(=O)c5ccc(F)cc5)C(I)C4)cnc32)cc1. The number of hydrogen-bond acceptors (Lipinski definition) is 6. The van der Waals surface area contributed by atoms with Crippen molar-refractivity contribution in [3.8, 4) is 5.69 Å². The molecule has 0 aliphatic carbocycles. The van der Waals surface area contributed by atoms with E-state index in [4.69, 9.17) is 0 Å². The van der Waals surface area contributed by atoms with E-state index in [1.54, 1.807) is 40.1 Å². The van der Waals surface area contributed by atoms with Gasteiger partial charge in [0.2, 0.25) is 0 Å². The zero-order valence-electron chi connectivity index (χ0n) is 19.8. The first-order valence-corrected chi connectivity index (χ1v) is 14.3. The van der Waals surface area contributed by atoms with E-state index in [0.29, 0.717) is 33.7 Å². The quantitative estimate of drug-likeness (QED) is 0.156. The average Bonchev–Trinajstić information content (AvgIpc) is 3.31. The van der Waals surface area contributed by atoms with Gasteiger partial charge in [-0.15, -0.1) is 0 Å². The summed E-state index contributed by atoms with van der Waals surface area (Å²) in [7, 11) is 0. The lowest BCUT2D eigenvalue weighted by Gasteiger charge is -2.42. The summed E-state index contributed by atoms with van der Waals surface area (Å²) in [6.45, 7) is 0.316. The van der Waals surface area contributed by atoms with Gasteiger partial charge in [0.05, 0.1) is 28.1 Å². The smallest absolute Gasteiger partial charge is 0.264 e. The molecule has 3 unspecified atom stereocenters. The van der Waals surface area contributed by atoms with Gasteiger partial charge in [-0.25, -0.2) is 14.1 Å². The topological polar surface area (TPSA) is 116 Å². The number of benzene rings is 2. The maximum absolute atomic E-state index is 13.2. The Bertz CT molecular complexity index is 1510. The van der Waals surface area contributed by atoms with E-state index in [1.165, 1.54) is 41.4 Å². The first-order valence-electron chi connectivity index (χ1n) is 11.5. The van der Waals surface area contributed by atoms with Gasteiger partial charge in [-0.1, -0.05) is 22.6 Å². The van der Waals surface area contributed by atoms with Crippen LogP contribution in [-0.4, -0.2) is 62.2 Å². The molecule has 0 spiro atoms. The largest absolute Gasteiger partial charge is 0.612 e. The molecule has 12 heteroatoms. The van der Waals surface area contributed by atoms with Gasteiger partial charge in [0.25, 0.3) is 11.5 Å². The molecule has 1 aliphatic rings. The van der Waals surface area contributed by atoms with Crippen LogP contribution < -0.4 is 5.56 Å². The maximum atomic E-state index is 13.2. The van der Waals surface area contributed by atoms with Gasteiger partial charge in [-0.2, -0.15) is 5.10 Å². The van der Waals surface area contributed by atoms with Gasteiger partial charge >= 0.3 is 0 Å². The molecule has 2 aromatic carbocycles. The monoisotopic (exact) mass is 635 g/mol. The highest BCUT2D eigenvalue weighted by molar-refractivity contribution is 14.1. The van der Waals surface area contributed by atoms with E-state index in [0.717, 1.165) is 0 Å². The van der Waals surface area contributed by atoms with Crippen molar-refractivity contribution < 1.29 is 18.8 Å². The number of aliphatic hydroxyl groups is 1. The zero-order chi connectivity index (χ0) is 26.3. The Morgan fingerprint density at radius 2 is 1.95 bits per heavy atom. The lowest BCUT2D eigenvalue weighted by atomic mass is 9.90. The first kappa shape index (κ1) is 25.8. The van der Waals surface area contributed by atoms with Gasteiger partial charge in [-0.3, -0.25) is 14.2 Å². The second-order valence-corrected chi connectivity index (χ2v) is 11.9. The van der Waals surface area contributed by atoms with Crippen LogP contribution in [0.5, 0.6) is 0 Å². The summed E-state index contributed by atoms with van der Waals surface area (Å²) in [5, 5.41) is 16.0. The van der Waals surface area contributed by atoms with E-state index in [2.05, 4.69) is 32.7 Å². The first-order chi connectivity index (χ1) is 17.6. The minimum atomic E-state index is -1.22. The highest BCUT2D eigenvalue weighted by Gasteiger charge is 2.40. The molecule has 37 heavy (non-hydrogen) atoms. The summed E-state index contributed by atoms with van der Waals surface area (Å²) in [6.07, 6.45) is 4.98. The summed E-state index contributed by atoms with van der Waals surface area (Å²) in [6, 6.07) is 12.4. The Kier molecular flexibility index (Phi) is 7.09. The number of nitrogens with zero attached hydrogens (tertiary/aromatic N) is 5. The van der Waals surface area contributed by atoms with Crippen LogP contribution >= 0.6 is 22.6 Å². The molecule has 9 nitrogen and oxygen atoms in total. The van der Waals surface area contributed by atoms with Gasteiger partial charge in [0.1, 0.15) is 23.8 Å². The minimum Gasteiger partial charge on any atom is -0.612 e. The van der Waals surface area contributed by atoms with Crippen LogP contribution in [0.2, 0.25) is 0 Å². The van der Waals surface area contributed by atoms with E-state index in [1.807, 2.05) is 0 Å². The summed E-state index contributed by atoms with van der Waals surface area (Å²) in [5.74, 6) is -0.642. The van der Waals surface area contributed by atoms with Crippen molar-refractivity contribution in [2.75, 3.05) is 12.8 Å². The third kappa shape index (κ3) is 5.15. The van der Waals surface area contributed by atoms with Crippen LogP contribution in [0.25, 0.3) is 16.7 Å². The van der Waals surface area contributed by atoms with Crippen molar-refractivity contribution in [1.29, 1.82) is 0 Å². The fourth-order valence-electron chi connectivity index (χ4n) is 4.47. The number of carbonyl (C=O) groups is 1. The Morgan fingerprint density at radius 1 is 1.24 bits per heavy atom. The molecular weight excluding hydrogens is 612 g/mol. The molecule has 192 valence electrons. The van der Waals surface area contributed by atoms with E-state index < -0.39 is 22.6 Å². The Balaban J connectivity index is 1.34. The standard InChI is InChI=1S/C25H23FIN5O4S/c1-37(36)19-8-6-18(7-9-19)32-22-20(13-29-32)24(34)30(15-28-22)14-25(35)10-11-31(21(27)12-25)23(33)16-2-4-17(26)5-3-16/h2-9,13,15,21,35H,10-12,14H2,1H3. The molecule has 2 aromatic heterocycles. The molecule has 1 amide bonds. The van der Waals surface area contributed by atoms with Crippen LogP contribution in [-0.2, 0) is 17.7 Å². The highest BCUT2D eigenvalue weighted by atomic mass is 127. The summed E-state index contributed by atoms with van der Waals surface area (Å²) in [5.41, 5.74) is -0.102. The summed E-state index contributed by atoms with van der Waals surface area (Å²) >= 11 is 1.01. The predicted molar refractivity (Wildman–Crippen MR) is 145 cm³/mol. The van der Waals surface area contributed by atoms with Gasteiger partial charge in [-0.05, 0) is 66.1 Å². The number of likely N-dealkylation sites (tertiary alicyclic amines) is 1. The van der Waals surface area contributed by atoms with Crippen LogP contribution in [0.1, 0.15) is 23.2 Å². The van der Waals surface area contributed by atoms with Crippen molar-refractivity contribution in [3.63, 3.8) is 0 Å². The molecule has 4 aromatic rings. The van der Waals surface area contributed by atoms with Crippen molar-refractivity contribution in [2.45, 2.75) is 33.9 Å². The number of aromatic nitrogens is 4. The Hall–Kier alpha value is -2.81. The number of halogens is 2. The Labute approximate surface area is 228 Å². The minimum absolute atomic E-state index is 0.0229. The van der Waals surface area contributed by atoms with Crippen LogP contribution in [0.3, 0.4) is 0 Å². The number of fused-ring (bicyclic) bond motifs is 1. The molecular formula is C25H23FIN5O4S. The number of rotatable bonds is 5. The third-order valence-electron chi connectivity index (χ3n) is 6.49. The van der Waals surface area contributed by atoms with Gasteiger partial charge < -0.3 is 14.6 Å². The van der Waals surface area contributed by atoms with Crippen LogP contribution in [0.15, 0.2) is 70.7 Å². The van der Waals surface area contributed by atoms with Gasteiger partial charge in [0.15, 0.2) is 10.5 Å². The average molecular weight is 635 g/mol. The molecule has 3 atom stereocenters. The second-order valence-electron chi connectivity index (χ2n) is 9.04. The molecule has 0 bridgehead atoms. The number of piperidine rings is 1. The van der Waals surface area contributed by atoms with Crippen molar-refractivity contribution in [3.05, 3.63) is 82.8 Å². The number of hydrogen-bond donors (Lipinski definition) is 1. The van der Waals surface area contributed by atoms with Crippen LogP contribution in [0.4, 0.5) is 4.39 Å². The van der Waals surface area contributed by atoms with Gasteiger partial charge in [0, 0.05) is 18.5 Å². The summed E-state index contributed by atoms with van der Waals surface area (Å²) < 4.78 is 27.5. The second kappa shape index (κ2) is 10.2. The molecule has 1 saturated heterocycles. The highest BCUT2D eigenvalue weighted by Crippen LogP contribution is 2.32. The zero-order valence-corrected chi connectivity index (χ0v) is 22.7. The lowest BCUT2D eigenvalue weighted by molar-refractivity contribution is -0.0332. The number of alkyl halides is 1. The molecule has 1 N–H and O–H groups in total. The molecule has 5 rings (SSSR count). The fraction of sp³-hybridized carbons (Fsp3) is 0.280. The van der Waals surface area contributed by atoms with E-state index >= 15 is 0 Å². The third-order valence-corrected chi connectivity index (χ3v) is 8.54. The Morgan fingerprint density at radius 3 is 2.59 bits per heavy atom. The molecule has 0 saturated carbocycles. The van der Waals surface area contributed by atoms with Crippen LogP contribution in [0, 0.1) is 5.82 Å². The van der Waals surface area contributed by atoms with E-state index in [-0.39, 0.29) is 34.9 Å². The normalized spacial score (nSPS) is 20.8. The lowest BCUT2D eigenvalue weighted by Crippen LogP contribution is -2.52. The molecule has 1 fully saturated rings. The van der Waals surface area contributed by atoms with Crippen molar-refractivity contribution >= 4 is 50.7 Å². The van der Waals surface area contributed by atoms with E-state index in [9.17, 15) is 23.6 Å². The molecule has 3 heterocycles.